The smallest absolute Gasteiger partial charge is 0.407 e. The summed E-state index contributed by atoms with van der Waals surface area (Å²) in [5, 5.41) is 2.77. The number of carbonyl (C=O) groups excluding carboxylic acids is 1. The van der Waals surface area contributed by atoms with Gasteiger partial charge >= 0.3 is 6.09 Å². The minimum atomic E-state index is -0.318. The van der Waals surface area contributed by atoms with E-state index in [1.807, 2.05) is 13.8 Å². The van der Waals surface area contributed by atoms with Gasteiger partial charge in [0.25, 0.3) is 0 Å². The van der Waals surface area contributed by atoms with Gasteiger partial charge in [-0.2, -0.15) is 0 Å². The molecule has 1 unspecified atom stereocenters. The van der Waals surface area contributed by atoms with Crippen molar-refractivity contribution in [2.24, 2.45) is 0 Å². The fraction of sp³-hybridized carbons (Fsp3) is 0.909. The fourth-order valence-electron chi connectivity index (χ4n) is 1.47. The molecule has 1 aliphatic carbocycles. The van der Waals surface area contributed by atoms with E-state index in [1.54, 1.807) is 0 Å². The van der Waals surface area contributed by atoms with Crippen LogP contribution < -0.4 is 5.32 Å². The highest BCUT2D eigenvalue weighted by Crippen LogP contribution is 2.26. The first kappa shape index (κ1) is 12.3. The number of hydrogen-bond acceptors (Lipinski definition) is 3. The quantitative estimate of drug-likeness (QED) is 0.756. The summed E-state index contributed by atoms with van der Waals surface area (Å²) in [6.07, 6.45) is 2.21. The van der Waals surface area contributed by atoms with E-state index in [0.29, 0.717) is 12.6 Å². The molecule has 0 aromatic carbocycles. The monoisotopic (exact) mass is 214 g/mol. The first-order valence-corrected chi connectivity index (χ1v) is 5.67. The Morgan fingerprint density at radius 2 is 2.07 bits per heavy atom. The Balaban J connectivity index is 2.15. The molecular weight excluding hydrogens is 192 g/mol. The van der Waals surface area contributed by atoms with Crippen LogP contribution in [0.3, 0.4) is 0 Å². The number of rotatable bonds is 5. The molecule has 0 saturated heterocycles. The number of likely N-dealkylation sites (N-methyl/N-ethyl adjacent to an activating group) is 1. The third kappa shape index (κ3) is 4.51. The number of nitrogens with one attached hydrogen (secondary N) is 1. The lowest BCUT2D eigenvalue weighted by Gasteiger charge is -2.24. The lowest BCUT2D eigenvalue weighted by Crippen LogP contribution is -2.41. The first-order valence-electron chi connectivity index (χ1n) is 5.67. The van der Waals surface area contributed by atoms with E-state index in [9.17, 15) is 4.79 Å². The van der Waals surface area contributed by atoms with Crippen LogP contribution in [0.2, 0.25) is 0 Å². The Bertz CT molecular complexity index is 215. The van der Waals surface area contributed by atoms with Crippen LogP contribution in [0.15, 0.2) is 0 Å². The number of alkyl carbamates (subject to hydrolysis) is 1. The molecule has 1 aliphatic rings. The number of nitrogens with zero attached hydrogens (tertiary/aromatic N) is 1. The van der Waals surface area contributed by atoms with Crippen molar-refractivity contribution in [3.8, 4) is 0 Å². The zero-order chi connectivity index (χ0) is 11.4. The standard InChI is InChI=1S/C11H22N2O2/c1-8(2)15-11(14)12-7-9(3)13(4)10-5-6-10/h8-10H,5-7H2,1-4H3,(H,12,14). The van der Waals surface area contributed by atoms with Crippen molar-refractivity contribution in [2.45, 2.75) is 51.8 Å². The van der Waals surface area contributed by atoms with Crippen LogP contribution >= 0.6 is 0 Å². The first-order chi connectivity index (χ1) is 7.00. The molecular formula is C11H22N2O2. The van der Waals surface area contributed by atoms with Crippen LogP contribution in [0.4, 0.5) is 4.79 Å². The molecule has 4 nitrogen and oxygen atoms in total. The maximum atomic E-state index is 11.2. The van der Waals surface area contributed by atoms with Gasteiger partial charge in [0.05, 0.1) is 6.10 Å². The molecule has 0 aliphatic heterocycles. The molecule has 15 heavy (non-hydrogen) atoms. The van der Waals surface area contributed by atoms with Crippen molar-refractivity contribution in [3.05, 3.63) is 0 Å². The Morgan fingerprint density at radius 1 is 1.47 bits per heavy atom. The van der Waals surface area contributed by atoms with E-state index in [4.69, 9.17) is 4.74 Å². The van der Waals surface area contributed by atoms with Crippen LogP contribution in [0.5, 0.6) is 0 Å². The Labute approximate surface area is 92.0 Å². The summed E-state index contributed by atoms with van der Waals surface area (Å²) in [6.45, 7) is 6.46. The average Bonchev–Trinajstić information content (AvgIpc) is 2.95. The van der Waals surface area contributed by atoms with Gasteiger partial charge in [-0.25, -0.2) is 4.79 Å². The van der Waals surface area contributed by atoms with Crippen molar-refractivity contribution in [1.29, 1.82) is 0 Å². The second-order valence-electron chi connectivity index (χ2n) is 4.58. The van der Waals surface area contributed by atoms with Crippen molar-refractivity contribution in [1.82, 2.24) is 10.2 Å². The van der Waals surface area contributed by atoms with Gasteiger partial charge in [-0.3, -0.25) is 4.90 Å². The summed E-state index contributed by atoms with van der Waals surface area (Å²) in [6, 6.07) is 1.10. The Morgan fingerprint density at radius 3 is 2.53 bits per heavy atom. The summed E-state index contributed by atoms with van der Waals surface area (Å²) in [4.78, 5) is 13.5. The third-order valence-electron chi connectivity index (χ3n) is 2.70. The molecule has 4 heteroatoms. The summed E-state index contributed by atoms with van der Waals surface area (Å²) in [5.41, 5.74) is 0. The molecule has 1 saturated carbocycles. The van der Waals surface area contributed by atoms with E-state index >= 15 is 0 Å². The second kappa shape index (κ2) is 5.35. The van der Waals surface area contributed by atoms with E-state index in [2.05, 4.69) is 24.2 Å². The van der Waals surface area contributed by atoms with Crippen molar-refractivity contribution >= 4 is 6.09 Å². The van der Waals surface area contributed by atoms with Gasteiger partial charge in [-0.15, -0.1) is 0 Å². The minimum Gasteiger partial charge on any atom is -0.447 e. The van der Waals surface area contributed by atoms with E-state index in [1.165, 1.54) is 12.8 Å². The number of hydrogen-bond donors (Lipinski definition) is 1. The molecule has 0 radical (unpaired) electrons. The van der Waals surface area contributed by atoms with Crippen molar-refractivity contribution in [3.63, 3.8) is 0 Å². The topological polar surface area (TPSA) is 41.6 Å². The zero-order valence-electron chi connectivity index (χ0n) is 10.1. The zero-order valence-corrected chi connectivity index (χ0v) is 10.1. The van der Waals surface area contributed by atoms with Crippen LogP contribution in [-0.2, 0) is 4.74 Å². The summed E-state index contributed by atoms with van der Waals surface area (Å²) >= 11 is 0. The fourth-order valence-corrected chi connectivity index (χ4v) is 1.47. The number of carbonyl (C=O) groups is 1. The number of ether oxygens (including phenoxy) is 1. The summed E-state index contributed by atoms with van der Waals surface area (Å²) < 4.78 is 4.99. The normalized spacial score (nSPS) is 18.0. The average molecular weight is 214 g/mol. The van der Waals surface area contributed by atoms with Crippen LogP contribution in [0.25, 0.3) is 0 Å². The predicted molar refractivity (Wildman–Crippen MR) is 59.9 cm³/mol. The molecule has 0 heterocycles. The highest BCUT2D eigenvalue weighted by molar-refractivity contribution is 5.67. The molecule has 1 rings (SSSR count). The lowest BCUT2D eigenvalue weighted by molar-refractivity contribution is 0.112. The van der Waals surface area contributed by atoms with Gasteiger partial charge in [0.15, 0.2) is 0 Å². The SMILES string of the molecule is CC(C)OC(=O)NCC(C)N(C)C1CC1. The van der Waals surface area contributed by atoms with Gasteiger partial charge in [-0.1, -0.05) is 0 Å². The van der Waals surface area contributed by atoms with Crippen molar-refractivity contribution in [2.75, 3.05) is 13.6 Å². The highest BCUT2D eigenvalue weighted by Gasteiger charge is 2.29. The van der Waals surface area contributed by atoms with Crippen LogP contribution in [-0.4, -0.2) is 42.8 Å². The largest absolute Gasteiger partial charge is 0.447 e. The van der Waals surface area contributed by atoms with Crippen molar-refractivity contribution < 1.29 is 9.53 Å². The van der Waals surface area contributed by atoms with Crippen LogP contribution in [0, 0.1) is 0 Å². The Kier molecular flexibility index (Phi) is 4.39. The predicted octanol–water partition coefficient (Wildman–Crippen LogP) is 1.60. The van der Waals surface area contributed by atoms with Gasteiger partial charge < -0.3 is 10.1 Å². The molecule has 88 valence electrons. The summed E-state index contributed by atoms with van der Waals surface area (Å²) in [7, 11) is 2.11. The molecule has 1 N–H and O–H groups in total. The number of amides is 1. The molecule has 1 amide bonds. The molecule has 1 atom stereocenters. The van der Waals surface area contributed by atoms with Crippen LogP contribution in [0.1, 0.15) is 33.6 Å². The molecule has 0 bridgehead atoms. The highest BCUT2D eigenvalue weighted by atomic mass is 16.6. The molecule has 1 fully saturated rings. The maximum Gasteiger partial charge on any atom is 0.407 e. The van der Waals surface area contributed by atoms with Gasteiger partial charge in [0.2, 0.25) is 0 Å². The second-order valence-corrected chi connectivity index (χ2v) is 4.58. The minimum absolute atomic E-state index is 0.0542. The van der Waals surface area contributed by atoms with Gasteiger partial charge in [-0.05, 0) is 40.7 Å². The van der Waals surface area contributed by atoms with Gasteiger partial charge in [0, 0.05) is 18.6 Å². The van der Waals surface area contributed by atoms with E-state index in [-0.39, 0.29) is 12.2 Å². The maximum absolute atomic E-state index is 11.2. The Hall–Kier alpha value is -0.770. The lowest BCUT2D eigenvalue weighted by atomic mass is 10.3. The third-order valence-corrected chi connectivity index (χ3v) is 2.70. The molecule has 0 aromatic rings. The summed E-state index contributed by atoms with van der Waals surface area (Å²) in [5.74, 6) is 0. The van der Waals surface area contributed by atoms with Gasteiger partial charge in [0.1, 0.15) is 0 Å². The van der Waals surface area contributed by atoms with E-state index in [0.717, 1.165) is 6.04 Å². The van der Waals surface area contributed by atoms with E-state index < -0.39 is 0 Å². The molecule has 0 aromatic heterocycles. The molecule has 0 spiro atoms.